The van der Waals surface area contributed by atoms with Crippen LogP contribution in [0.2, 0.25) is 0 Å². The normalized spacial score (nSPS) is 18.2. The van der Waals surface area contributed by atoms with Crippen LogP contribution in [0, 0.1) is 5.92 Å². The van der Waals surface area contributed by atoms with Gasteiger partial charge in [0.25, 0.3) is 0 Å². The number of amides is 1. The average molecular weight is 660 g/mol. The summed E-state index contributed by atoms with van der Waals surface area (Å²) in [4.78, 5) is 15.2. The SMILES string of the molecule is CC(C)/C=[C](/C[C@](C)(O)[C@@H]1CCCCN1C(=O)OC(C)(C)C)[Sn]([c]1ccccc1)([c]1ccccc1)[c]1ccccc1. The minimum absolute atomic E-state index is 0.293. The number of hydrogen-bond donors (Lipinski definition) is 1. The molecule has 1 heterocycles. The van der Waals surface area contributed by atoms with Crippen LogP contribution in [0.4, 0.5) is 4.79 Å². The summed E-state index contributed by atoms with van der Waals surface area (Å²) < 4.78 is 11.2. The van der Waals surface area contributed by atoms with Crippen LogP contribution in [-0.2, 0) is 4.74 Å². The van der Waals surface area contributed by atoms with Gasteiger partial charge in [-0.1, -0.05) is 0 Å². The van der Waals surface area contributed by atoms with Crippen LogP contribution in [0.3, 0.4) is 0 Å². The molecule has 0 radical (unpaired) electrons. The van der Waals surface area contributed by atoms with Crippen LogP contribution in [0.1, 0.15) is 67.2 Å². The summed E-state index contributed by atoms with van der Waals surface area (Å²) >= 11 is -3.92. The Labute approximate surface area is 251 Å². The van der Waals surface area contributed by atoms with Crippen molar-refractivity contribution in [2.75, 3.05) is 6.54 Å². The minimum atomic E-state index is -3.92. The van der Waals surface area contributed by atoms with Gasteiger partial charge in [0, 0.05) is 0 Å². The second-order valence-electron chi connectivity index (χ2n) is 13.0. The zero-order valence-electron chi connectivity index (χ0n) is 25.6. The van der Waals surface area contributed by atoms with Gasteiger partial charge in [0.15, 0.2) is 0 Å². The van der Waals surface area contributed by atoms with Gasteiger partial charge in [-0.2, -0.15) is 0 Å². The number of ether oxygens (including phenoxy) is 1. The van der Waals surface area contributed by atoms with E-state index in [9.17, 15) is 9.90 Å². The molecule has 3 aromatic rings. The third-order valence-corrected chi connectivity index (χ3v) is 22.0. The number of allylic oxidation sites excluding steroid dienone is 1. The van der Waals surface area contributed by atoms with Crippen LogP contribution in [0.5, 0.6) is 0 Å². The molecule has 1 amide bonds. The van der Waals surface area contributed by atoms with Gasteiger partial charge >= 0.3 is 252 Å². The monoisotopic (exact) mass is 661 g/mol. The topological polar surface area (TPSA) is 49.8 Å². The molecule has 5 heteroatoms. The van der Waals surface area contributed by atoms with Crippen molar-refractivity contribution in [3.05, 3.63) is 101 Å². The van der Waals surface area contributed by atoms with E-state index in [-0.39, 0.29) is 12.1 Å². The van der Waals surface area contributed by atoms with Gasteiger partial charge in [-0.25, -0.2) is 0 Å². The fraction of sp³-hybridized carbons (Fsp3) is 0.417. The molecule has 0 unspecified atom stereocenters. The first-order valence-electron chi connectivity index (χ1n) is 15.0. The van der Waals surface area contributed by atoms with Crippen molar-refractivity contribution in [3.8, 4) is 0 Å². The van der Waals surface area contributed by atoms with Crippen molar-refractivity contribution >= 4 is 35.2 Å². The first-order valence-corrected chi connectivity index (χ1v) is 20.8. The van der Waals surface area contributed by atoms with Crippen LogP contribution in [0.15, 0.2) is 101 Å². The molecular formula is C36H47NO3Sn. The predicted molar refractivity (Wildman–Crippen MR) is 173 cm³/mol. The molecule has 0 bridgehead atoms. The van der Waals surface area contributed by atoms with Crippen LogP contribution in [-0.4, -0.2) is 58.3 Å². The zero-order chi connectivity index (χ0) is 29.7. The van der Waals surface area contributed by atoms with Crippen molar-refractivity contribution < 1.29 is 14.6 Å². The number of rotatable bonds is 8. The standard InChI is InChI=1S/C18H32NO3.3C6H5.Sn/c1-14(2)10-9-12-18(6,21)15-11-7-8-13-19(15)16(20)22-17(3,4)5;3*1-2-4-6-5-3-1;/h10,14-15,21H,7-8,11-13H2,1-6H3;3*1-5H;/t15-,18-;;;;/m0..../s1. The summed E-state index contributed by atoms with van der Waals surface area (Å²) in [6.45, 7) is 12.7. The molecule has 41 heavy (non-hydrogen) atoms. The Hall–Kier alpha value is -2.57. The van der Waals surface area contributed by atoms with Gasteiger partial charge in [0.1, 0.15) is 0 Å². The van der Waals surface area contributed by atoms with E-state index in [4.69, 9.17) is 4.74 Å². The summed E-state index contributed by atoms with van der Waals surface area (Å²) in [6.07, 6.45) is 5.23. The van der Waals surface area contributed by atoms with E-state index in [0.29, 0.717) is 18.9 Å². The van der Waals surface area contributed by atoms with E-state index < -0.39 is 29.6 Å². The van der Waals surface area contributed by atoms with Crippen molar-refractivity contribution in [2.24, 2.45) is 5.92 Å². The Morgan fingerprint density at radius 2 is 1.34 bits per heavy atom. The molecule has 1 fully saturated rings. The molecular weight excluding hydrogens is 613 g/mol. The second-order valence-corrected chi connectivity index (χ2v) is 24.1. The zero-order valence-corrected chi connectivity index (χ0v) is 28.5. The number of likely N-dealkylation sites (tertiary alicyclic amines) is 1. The Morgan fingerprint density at radius 1 is 0.878 bits per heavy atom. The molecule has 0 aliphatic carbocycles. The number of benzene rings is 3. The average Bonchev–Trinajstić information content (AvgIpc) is 2.94. The van der Waals surface area contributed by atoms with Crippen LogP contribution in [0.25, 0.3) is 0 Å². The van der Waals surface area contributed by atoms with Gasteiger partial charge in [-0.05, 0) is 0 Å². The molecule has 1 N–H and O–H groups in total. The fourth-order valence-electron chi connectivity index (χ4n) is 6.46. The molecule has 0 aromatic heterocycles. The molecule has 4 nitrogen and oxygen atoms in total. The Bertz CT molecular complexity index is 1200. The predicted octanol–water partition coefficient (Wildman–Crippen LogP) is 6.21. The van der Waals surface area contributed by atoms with E-state index in [1.165, 1.54) is 14.3 Å². The van der Waals surface area contributed by atoms with Gasteiger partial charge < -0.3 is 0 Å². The molecule has 0 spiro atoms. The maximum absolute atomic E-state index is 13.4. The van der Waals surface area contributed by atoms with Gasteiger partial charge in [-0.3, -0.25) is 0 Å². The number of carbonyl (C=O) groups excluding carboxylic acids is 1. The van der Waals surface area contributed by atoms with E-state index in [1.54, 1.807) is 4.90 Å². The van der Waals surface area contributed by atoms with Crippen molar-refractivity contribution in [3.63, 3.8) is 0 Å². The van der Waals surface area contributed by atoms with Gasteiger partial charge in [0.05, 0.1) is 0 Å². The summed E-state index contributed by atoms with van der Waals surface area (Å²) in [6, 6.07) is 32.5. The Morgan fingerprint density at radius 3 is 1.76 bits per heavy atom. The molecule has 1 saturated heterocycles. The second kappa shape index (κ2) is 13.2. The molecule has 4 rings (SSSR count). The number of aliphatic hydroxyl groups is 1. The first kappa shape index (κ1) is 31.4. The summed E-state index contributed by atoms with van der Waals surface area (Å²) in [5, 5.41) is 12.5. The molecule has 2 atom stereocenters. The van der Waals surface area contributed by atoms with E-state index >= 15 is 0 Å². The van der Waals surface area contributed by atoms with E-state index in [1.807, 2.05) is 27.7 Å². The maximum atomic E-state index is 13.4. The van der Waals surface area contributed by atoms with Crippen molar-refractivity contribution in [2.45, 2.75) is 84.5 Å². The Balaban J connectivity index is 1.90. The quantitative estimate of drug-likeness (QED) is 0.293. The Kier molecular flexibility index (Phi) is 10.1. The van der Waals surface area contributed by atoms with Crippen molar-refractivity contribution in [1.82, 2.24) is 4.90 Å². The molecule has 218 valence electrons. The summed E-state index contributed by atoms with van der Waals surface area (Å²) in [7, 11) is 0. The third-order valence-electron chi connectivity index (χ3n) is 8.03. The number of carbonyl (C=O) groups is 1. The van der Waals surface area contributed by atoms with Gasteiger partial charge in [-0.15, -0.1) is 0 Å². The van der Waals surface area contributed by atoms with Gasteiger partial charge in [0.2, 0.25) is 0 Å². The molecule has 1 aliphatic rings. The summed E-state index contributed by atoms with van der Waals surface area (Å²) in [5.74, 6) is 0.293. The molecule has 3 aromatic carbocycles. The van der Waals surface area contributed by atoms with Crippen LogP contribution >= 0.6 is 0 Å². The fourth-order valence-corrected chi connectivity index (χ4v) is 21.9. The van der Waals surface area contributed by atoms with E-state index in [0.717, 1.165) is 19.3 Å². The number of piperidine rings is 1. The molecule has 1 aliphatic heterocycles. The van der Waals surface area contributed by atoms with Crippen molar-refractivity contribution in [1.29, 1.82) is 0 Å². The number of hydrogen-bond acceptors (Lipinski definition) is 3. The number of nitrogens with zero attached hydrogens (tertiary/aromatic N) is 1. The first-order chi connectivity index (χ1) is 19.4. The summed E-state index contributed by atoms with van der Waals surface area (Å²) in [5.41, 5.74) is -1.73. The van der Waals surface area contributed by atoms with Crippen LogP contribution < -0.4 is 10.7 Å². The van der Waals surface area contributed by atoms with E-state index in [2.05, 4.69) is 111 Å². The molecule has 0 saturated carbocycles. The third kappa shape index (κ3) is 7.26.